The van der Waals surface area contributed by atoms with E-state index >= 15 is 0 Å². The Bertz CT molecular complexity index is 1110. The first-order chi connectivity index (χ1) is 12.5. The van der Waals surface area contributed by atoms with Crippen LogP contribution >= 0.6 is 11.3 Å². The molecule has 0 bridgehead atoms. The summed E-state index contributed by atoms with van der Waals surface area (Å²) >= 11 is 1.32. The maximum absolute atomic E-state index is 12.9. The second-order valence-electron chi connectivity index (χ2n) is 5.95. The van der Waals surface area contributed by atoms with E-state index in [4.69, 9.17) is 4.52 Å². The zero-order valence-corrected chi connectivity index (χ0v) is 15.2. The normalized spacial score (nSPS) is 11.0. The van der Waals surface area contributed by atoms with Crippen LogP contribution in [0.4, 0.5) is 5.13 Å². The smallest absolute Gasteiger partial charge is 0.259 e. The quantitative estimate of drug-likeness (QED) is 0.591. The predicted molar refractivity (Wildman–Crippen MR) is 99.3 cm³/mol. The topological polar surface area (TPSA) is 93.8 Å². The van der Waals surface area contributed by atoms with Gasteiger partial charge in [0.15, 0.2) is 0 Å². The SMILES string of the molecule is Cc1ccc(-c2cc(C(=O)Nc3nnc(C)s3)c3c(C)noc3n2)cc1. The van der Waals surface area contributed by atoms with Crippen molar-refractivity contribution in [3.63, 3.8) is 0 Å². The van der Waals surface area contributed by atoms with Crippen molar-refractivity contribution in [1.29, 1.82) is 0 Å². The molecule has 4 rings (SSSR count). The summed E-state index contributed by atoms with van der Waals surface area (Å²) in [6.45, 7) is 5.63. The highest BCUT2D eigenvalue weighted by molar-refractivity contribution is 7.15. The number of fused-ring (bicyclic) bond motifs is 1. The molecule has 26 heavy (non-hydrogen) atoms. The van der Waals surface area contributed by atoms with Gasteiger partial charge in [0.25, 0.3) is 11.6 Å². The number of hydrogen-bond donors (Lipinski definition) is 1. The summed E-state index contributed by atoms with van der Waals surface area (Å²) in [5.74, 6) is -0.298. The molecule has 1 amide bonds. The van der Waals surface area contributed by atoms with Crippen LogP contribution < -0.4 is 5.32 Å². The van der Waals surface area contributed by atoms with Gasteiger partial charge in [0.1, 0.15) is 5.01 Å². The lowest BCUT2D eigenvalue weighted by molar-refractivity contribution is 0.102. The molecular formula is C18H15N5O2S. The third-order valence-corrected chi connectivity index (χ3v) is 4.71. The van der Waals surface area contributed by atoms with E-state index in [0.29, 0.717) is 33.2 Å². The molecule has 4 aromatic rings. The van der Waals surface area contributed by atoms with Gasteiger partial charge in [-0.1, -0.05) is 46.3 Å². The highest BCUT2D eigenvalue weighted by atomic mass is 32.1. The minimum absolute atomic E-state index is 0.298. The Balaban J connectivity index is 1.82. The van der Waals surface area contributed by atoms with Crippen LogP contribution in [0.15, 0.2) is 34.9 Å². The van der Waals surface area contributed by atoms with Gasteiger partial charge < -0.3 is 4.52 Å². The van der Waals surface area contributed by atoms with Crippen LogP contribution in [-0.2, 0) is 0 Å². The average Bonchev–Trinajstić information content (AvgIpc) is 3.20. The Morgan fingerprint density at radius 1 is 1.12 bits per heavy atom. The second-order valence-corrected chi connectivity index (χ2v) is 7.13. The van der Waals surface area contributed by atoms with Gasteiger partial charge in [0, 0.05) is 5.56 Å². The Morgan fingerprint density at radius 3 is 2.58 bits per heavy atom. The van der Waals surface area contributed by atoms with Gasteiger partial charge in [0.05, 0.1) is 22.3 Å². The number of pyridine rings is 1. The number of nitrogens with one attached hydrogen (secondary N) is 1. The van der Waals surface area contributed by atoms with E-state index in [1.165, 1.54) is 11.3 Å². The van der Waals surface area contributed by atoms with Crippen molar-refractivity contribution in [2.75, 3.05) is 5.32 Å². The van der Waals surface area contributed by atoms with Crippen LogP contribution in [-0.4, -0.2) is 26.2 Å². The van der Waals surface area contributed by atoms with Crippen molar-refractivity contribution < 1.29 is 9.32 Å². The minimum atomic E-state index is -0.298. The molecule has 0 aliphatic heterocycles. The van der Waals surface area contributed by atoms with E-state index in [1.807, 2.05) is 38.1 Å². The van der Waals surface area contributed by atoms with Gasteiger partial charge in [-0.25, -0.2) is 4.98 Å². The number of anilines is 1. The highest BCUT2D eigenvalue weighted by Crippen LogP contribution is 2.28. The molecule has 0 radical (unpaired) electrons. The lowest BCUT2D eigenvalue weighted by Crippen LogP contribution is -2.13. The minimum Gasteiger partial charge on any atom is -0.335 e. The standard InChI is InChI=1S/C18H15N5O2S/c1-9-4-6-12(7-5-9)14-8-13(15-10(2)23-25-17(15)19-14)16(24)20-18-22-21-11(3)26-18/h4-8H,1-3H3,(H,20,22,24). The number of carbonyl (C=O) groups excluding carboxylic acids is 1. The molecule has 1 N–H and O–H groups in total. The van der Waals surface area contributed by atoms with Crippen molar-refractivity contribution in [2.24, 2.45) is 0 Å². The molecule has 0 saturated carbocycles. The van der Waals surface area contributed by atoms with Crippen molar-refractivity contribution in [3.05, 3.63) is 52.2 Å². The molecule has 0 atom stereocenters. The van der Waals surface area contributed by atoms with Crippen LogP contribution in [0, 0.1) is 20.8 Å². The van der Waals surface area contributed by atoms with E-state index in [-0.39, 0.29) is 5.91 Å². The number of nitrogens with zero attached hydrogens (tertiary/aromatic N) is 4. The number of aryl methyl sites for hydroxylation is 3. The summed E-state index contributed by atoms with van der Waals surface area (Å²) in [6, 6.07) is 9.67. The molecule has 130 valence electrons. The van der Waals surface area contributed by atoms with Crippen LogP contribution in [0.5, 0.6) is 0 Å². The van der Waals surface area contributed by atoms with Crippen LogP contribution in [0.25, 0.3) is 22.4 Å². The van der Waals surface area contributed by atoms with E-state index in [2.05, 4.69) is 25.7 Å². The Morgan fingerprint density at radius 2 is 1.88 bits per heavy atom. The number of benzene rings is 1. The molecule has 8 heteroatoms. The van der Waals surface area contributed by atoms with Crippen LogP contribution in [0.1, 0.15) is 26.6 Å². The fourth-order valence-corrected chi connectivity index (χ4v) is 3.24. The van der Waals surface area contributed by atoms with E-state index in [1.54, 1.807) is 13.0 Å². The molecule has 3 aromatic heterocycles. The molecule has 1 aromatic carbocycles. The summed E-state index contributed by atoms with van der Waals surface area (Å²) < 4.78 is 5.31. The molecule has 3 heterocycles. The molecule has 0 spiro atoms. The number of rotatable bonds is 3. The summed E-state index contributed by atoms with van der Waals surface area (Å²) in [6.07, 6.45) is 0. The molecule has 0 aliphatic rings. The third-order valence-electron chi connectivity index (χ3n) is 3.96. The number of hydrogen-bond acceptors (Lipinski definition) is 7. The lowest BCUT2D eigenvalue weighted by atomic mass is 10.0. The summed E-state index contributed by atoms with van der Waals surface area (Å²) in [4.78, 5) is 17.4. The Labute approximate surface area is 153 Å². The fraction of sp³-hybridized carbons (Fsp3) is 0.167. The van der Waals surface area contributed by atoms with Crippen molar-refractivity contribution in [2.45, 2.75) is 20.8 Å². The fourth-order valence-electron chi connectivity index (χ4n) is 2.66. The molecule has 7 nitrogen and oxygen atoms in total. The highest BCUT2D eigenvalue weighted by Gasteiger charge is 2.20. The first-order valence-electron chi connectivity index (χ1n) is 7.97. The summed E-state index contributed by atoms with van der Waals surface area (Å²) in [5.41, 5.74) is 4.08. The molecule has 0 aliphatic carbocycles. The van der Waals surface area contributed by atoms with Crippen molar-refractivity contribution in [3.8, 4) is 11.3 Å². The molecule has 0 fully saturated rings. The molecule has 0 unspecified atom stereocenters. The van der Waals surface area contributed by atoms with Crippen LogP contribution in [0.3, 0.4) is 0 Å². The molecule has 0 saturated heterocycles. The number of amides is 1. The monoisotopic (exact) mass is 365 g/mol. The zero-order chi connectivity index (χ0) is 18.3. The number of aromatic nitrogens is 4. The lowest BCUT2D eigenvalue weighted by Gasteiger charge is -2.07. The first-order valence-corrected chi connectivity index (χ1v) is 8.78. The van der Waals surface area contributed by atoms with E-state index < -0.39 is 0 Å². The molecular weight excluding hydrogens is 350 g/mol. The van der Waals surface area contributed by atoms with Gasteiger partial charge >= 0.3 is 0 Å². The summed E-state index contributed by atoms with van der Waals surface area (Å²) in [5, 5.41) is 16.4. The number of carbonyl (C=O) groups is 1. The van der Waals surface area contributed by atoms with Gasteiger partial charge in [-0.05, 0) is 26.8 Å². The van der Waals surface area contributed by atoms with Gasteiger partial charge in [0.2, 0.25) is 5.13 Å². The van der Waals surface area contributed by atoms with Crippen molar-refractivity contribution in [1.82, 2.24) is 20.3 Å². The maximum Gasteiger partial charge on any atom is 0.259 e. The Hall–Kier alpha value is -3.13. The van der Waals surface area contributed by atoms with Gasteiger partial charge in [-0.15, -0.1) is 10.2 Å². The predicted octanol–water partition coefficient (Wildman–Crippen LogP) is 3.92. The Kier molecular flexibility index (Phi) is 3.96. The van der Waals surface area contributed by atoms with E-state index in [9.17, 15) is 4.79 Å². The maximum atomic E-state index is 12.9. The summed E-state index contributed by atoms with van der Waals surface area (Å²) in [7, 11) is 0. The van der Waals surface area contributed by atoms with E-state index in [0.717, 1.165) is 16.1 Å². The largest absolute Gasteiger partial charge is 0.335 e. The van der Waals surface area contributed by atoms with Gasteiger partial charge in [-0.2, -0.15) is 0 Å². The zero-order valence-electron chi connectivity index (χ0n) is 14.4. The average molecular weight is 365 g/mol. The second kappa shape index (κ2) is 6.30. The first kappa shape index (κ1) is 16.3. The van der Waals surface area contributed by atoms with Gasteiger partial charge in [-0.3, -0.25) is 10.1 Å². The van der Waals surface area contributed by atoms with Crippen LogP contribution in [0.2, 0.25) is 0 Å². The third kappa shape index (κ3) is 2.95. The van der Waals surface area contributed by atoms with Crippen molar-refractivity contribution >= 4 is 33.5 Å².